The maximum absolute atomic E-state index is 13.8. The van der Waals surface area contributed by atoms with Crippen LogP contribution in [0.5, 0.6) is 5.75 Å². The number of halogens is 2. The van der Waals surface area contributed by atoms with Crippen LogP contribution in [0.1, 0.15) is 10.4 Å². The van der Waals surface area contributed by atoms with Crippen molar-refractivity contribution in [1.29, 1.82) is 0 Å². The summed E-state index contributed by atoms with van der Waals surface area (Å²) in [6.07, 6.45) is 0. The van der Waals surface area contributed by atoms with E-state index in [0.717, 1.165) is 13.2 Å². The summed E-state index contributed by atoms with van der Waals surface area (Å²) in [6, 6.07) is 6.47. The van der Waals surface area contributed by atoms with E-state index in [-0.39, 0.29) is 4.90 Å². The third-order valence-corrected chi connectivity index (χ3v) is 4.46. The highest BCUT2D eigenvalue weighted by molar-refractivity contribution is 7.92. The lowest BCUT2D eigenvalue weighted by atomic mass is 10.2. The average molecular weight is 357 g/mol. The Balaban J connectivity index is 2.40. The van der Waals surface area contributed by atoms with Crippen molar-refractivity contribution in [1.82, 2.24) is 0 Å². The van der Waals surface area contributed by atoms with Crippen LogP contribution < -0.4 is 9.46 Å². The summed E-state index contributed by atoms with van der Waals surface area (Å²) in [4.78, 5) is 11.3. The van der Waals surface area contributed by atoms with Gasteiger partial charge in [0.15, 0.2) is 0 Å². The van der Waals surface area contributed by atoms with Crippen LogP contribution in [0.2, 0.25) is 0 Å². The van der Waals surface area contributed by atoms with Crippen molar-refractivity contribution in [2.45, 2.75) is 4.90 Å². The molecule has 0 aliphatic carbocycles. The fraction of sp³-hybridized carbons (Fsp3) is 0.133. The molecule has 2 aromatic carbocycles. The number of rotatable bonds is 5. The molecule has 0 aromatic heterocycles. The molecule has 0 aliphatic heterocycles. The molecule has 6 nitrogen and oxygen atoms in total. The summed E-state index contributed by atoms with van der Waals surface area (Å²) >= 11 is 0. The van der Waals surface area contributed by atoms with E-state index in [1.165, 1.54) is 31.4 Å². The quantitative estimate of drug-likeness (QED) is 0.832. The smallest absolute Gasteiger partial charge is 0.340 e. The van der Waals surface area contributed by atoms with Gasteiger partial charge in [0.25, 0.3) is 10.0 Å². The van der Waals surface area contributed by atoms with E-state index in [1.54, 1.807) is 0 Å². The molecule has 0 unspecified atom stereocenters. The minimum atomic E-state index is -4.14. The highest BCUT2D eigenvalue weighted by Crippen LogP contribution is 2.24. The van der Waals surface area contributed by atoms with E-state index in [9.17, 15) is 22.0 Å². The lowest BCUT2D eigenvalue weighted by Gasteiger charge is -2.11. The van der Waals surface area contributed by atoms with Crippen molar-refractivity contribution in [2.75, 3.05) is 18.9 Å². The number of esters is 1. The van der Waals surface area contributed by atoms with E-state index in [4.69, 9.17) is 4.74 Å². The van der Waals surface area contributed by atoms with E-state index >= 15 is 0 Å². The number of sulfonamides is 1. The Kier molecular flexibility index (Phi) is 5.03. The summed E-state index contributed by atoms with van der Waals surface area (Å²) in [5.41, 5.74) is -1.17. The first-order chi connectivity index (χ1) is 11.3. The van der Waals surface area contributed by atoms with Crippen molar-refractivity contribution in [3.05, 3.63) is 53.6 Å². The minimum Gasteiger partial charge on any atom is -0.497 e. The standard InChI is InChI=1S/C15H13F2NO5S/c1-22-9-3-5-10(6-4-9)24(20,21)18-14-7-11(15(19)23-2)12(16)8-13(14)17/h3-8,18H,1-2H3. The highest BCUT2D eigenvalue weighted by Gasteiger charge is 2.21. The zero-order valence-corrected chi connectivity index (χ0v) is 13.5. The molecule has 2 aromatic rings. The topological polar surface area (TPSA) is 81.7 Å². The number of nitrogens with one attached hydrogen (secondary N) is 1. The fourth-order valence-corrected chi connectivity index (χ4v) is 2.91. The molecule has 0 spiro atoms. The number of carbonyl (C=O) groups is 1. The summed E-state index contributed by atoms with van der Waals surface area (Å²) in [5, 5.41) is 0. The van der Waals surface area contributed by atoms with Gasteiger partial charge in [-0.15, -0.1) is 0 Å². The van der Waals surface area contributed by atoms with Crippen LogP contribution in [0.15, 0.2) is 41.3 Å². The summed E-state index contributed by atoms with van der Waals surface area (Å²) in [7, 11) is -1.70. The van der Waals surface area contributed by atoms with Crippen LogP contribution in [0, 0.1) is 11.6 Å². The molecule has 0 radical (unpaired) electrons. The highest BCUT2D eigenvalue weighted by atomic mass is 32.2. The van der Waals surface area contributed by atoms with Gasteiger partial charge in [0.1, 0.15) is 17.4 Å². The Hall–Kier alpha value is -2.68. The molecule has 0 fully saturated rings. The van der Waals surface area contributed by atoms with Crippen LogP contribution in [0.25, 0.3) is 0 Å². The van der Waals surface area contributed by atoms with Gasteiger partial charge in [-0.1, -0.05) is 0 Å². The molecule has 0 bridgehead atoms. The number of benzene rings is 2. The molecule has 0 atom stereocenters. The number of hydrogen-bond donors (Lipinski definition) is 1. The maximum Gasteiger partial charge on any atom is 0.340 e. The predicted molar refractivity (Wildman–Crippen MR) is 81.5 cm³/mol. The van der Waals surface area contributed by atoms with Crippen molar-refractivity contribution >= 4 is 21.7 Å². The molecular weight excluding hydrogens is 344 g/mol. The first-order valence-electron chi connectivity index (χ1n) is 6.52. The van der Waals surface area contributed by atoms with Crippen molar-refractivity contribution < 1.29 is 31.5 Å². The van der Waals surface area contributed by atoms with Gasteiger partial charge in [0.2, 0.25) is 0 Å². The van der Waals surface area contributed by atoms with Gasteiger partial charge in [-0.05, 0) is 30.3 Å². The molecule has 0 saturated heterocycles. The number of ether oxygens (including phenoxy) is 2. The van der Waals surface area contributed by atoms with E-state index < -0.39 is 38.9 Å². The Morgan fingerprint density at radius 2 is 1.67 bits per heavy atom. The lowest BCUT2D eigenvalue weighted by Crippen LogP contribution is -2.15. The van der Waals surface area contributed by atoms with E-state index in [2.05, 4.69) is 4.74 Å². The number of hydrogen-bond acceptors (Lipinski definition) is 5. The molecular formula is C15H13F2NO5S. The Bertz CT molecular complexity index is 866. The predicted octanol–water partition coefficient (Wildman–Crippen LogP) is 2.56. The Labute approximate surface area is 137 Å². The molecule has 2 rings (SSSR count). The van der Waals surface area contributed by atoms with Crippen LogP contribution in [0.4, 0.5) is 14.5 Å². The molecule has 9 heteroatoms. The second-order valence-corrected chi connectivity index (χ2v) is 6.27. The number of methoxy groups -OCH3 is 2. The van der Waals surface area contributed by atoms with E-state index in [0.29, 0.717) is 11.8 Å². The average Bonchev–Trinajstić information content (AvgIpc) is 2.56. The largest absolute Gasteiger partial charge is 0.497 e. The van der Waals surface area contributed by atoms with Crippen molar-refractivity contribution in [2.24, 2.45) is 0 Å². The van der Waals surface area contributed by atoms with Gasteiger partial charge < -0.3 is 9.47 Å². The van der Waals surface area contributed by atoms with Gasteiger partial charge >= 0.3 is 5.97 Å². The van der Waals surface area contributed by atoms with E-state index in [1.807, 2.05) is 4.72 Å². The van der Waals surface area contributed by atoms with Crippen molar-refractivity contribution in [3.63, 3.8) is 0 Å². The monoisotopic (exact) mass is 357 g/mol. The van der Waals surface area contributed by atoms with Crippen LogP contribution in [0.3, 0.4) is 0 Å². The van der Waals surface area contributed by atoms with Crippen LogP contribution in [-0.4, -0.2) is 28.6 Å². The van der Waals surface area contributed by atoms with Gasteiger partial charge in [-0.3, -0.25) is 4.72 Å². The number of anilines is 1. The zero-order chi connectivity index (χ0) is 17.9. The molecule has 128 valence electrons. The lowest BCUT2D eigenvalue weighted by molar-refractivity contribution is 0.0595. The molecule has 0 amide bonds. The summed E-state index contributed by atoms with van der Waals surface area (Å²) < 4.78 is 63.2. The van der Waals surface area contributed by atoms with Crippen LogP contribution in [-0.2, 0) is 14.8 Å². The first-order valence-corrected chi connectivity index (χ1v) is 8.01. The van der Waals surface area contributed by atoms with Crippen LogP contribution >= 0.6 is 0 Å². The molecule has 0 heterocycles. The third-order valence-electron chi connectivity index (χ3n) is 3.08. The summed E-state index contributed by atoms with van der Waals surface area (Å²) in [5.74, 6) is -2.95. The molecule has 24 heavy (non-hydrogen) atoms. The van der Waals surface area contributed by atoms with Gasteiger partial charge in [0.05, 0.1) is 30.4 Å². The molecule has 0 aliphatic rings. The normalized spacial score (nSPS) is 11.0. The Morgan fingerprint density at radius 3 is 2.21 bits per heavy atom. The summed E-state index contributed by atoms with van der Waals surface area (Å²) in [6.45, 7) is 0. The minimum absolute atomic E-state index is 0.161. The fourth-order valence-electron chi connectivity index (χ4n) is 1.85. The number of carbonyl (C=O) groups excluding carboxylic acids is 1. The second kappa shape index (κ2) is 6.83. The SMILES string of the molecule is COC(=O)c1cc(NS(=O)(=O)c2ccc(OC)cc2)c(F)cc1F. The molecule has 1 N–H and O–H groups in total. The zero-order valence-electron chi connectivity index (χ0n) is 12.7. The third kappa shape index (κ3) is 3.62. The van der Waals surface area contributed by atoms with Crippen molar-refractivity contribution in [3.8, 4) is 5.75 Å². The second-order valence-electron chi connectivity index (χ2n) is 4.58. The maximum atomic E-state index is 13.8. The molecule has 0 saturated carbocycles. The first kappa shape index (κ1) is 17.7. The van der Waals surface area contributed by atoms with Gasteiger partial charge in [-0.2, -0.15) is 0 Å². The van der Waals surface area contributed by atoms with Gasteiger partial charge in [0, 0.05) is 6.07 Å². The van der Waals surface area contributed by atoms with Gasteiger partial charge in [-0.25, -0.2) is 22.0 Å². The Morgan fingerprint density at radius 1 is 1.04 bits per heavy atom.